The number of carbonyl (C=O) groups excluding carboxylic acids is 1. The molecule has 0 bridgehead atoms. The highest BCUT2D eigenvalue weighted by atomic mass is 16.5. The van der Waals surface area contributed by atoms with Crippen molar-refractivity contribution in [1.82, 2.24) is 0 Å². The third-order valence-corrected chi connectivity index (χ3v) is 3.21. The highest BCUT2D eigenvalue weighted by molar-refractivity contribution is 5.93. The molecule has 2 rings (SSSR count). The quantitative estimate of drug-likeness (QED) is 0.889. The van der Waals surface area contributed by atoms with Crippen molar-refractivity contribution in [2.45, 2.75) is 47.6 Å². The van der Waals surface area contributed by atoms with E-state index in [0.717, 1.165) is 22.4 Å². The van der Waals surface area contributed by atoms with Gasteiger partial charge in [-0.25, -0.2) is 0 Å². The molecule has 0 saturated heterocycles. The summed E-state index contributed by atoms with van der Waals surface area (Å²) in [5.74, 6) is 0.401. The molecule has 0 atom stereocenters. The zero-order valence-electron chi connectivity index (χ0n) is 14.8. The number of rotatable bonds is 4. The van der Waals surface area contributed by atoms with Gasteiger partial charge in [0.25, 0.3) is 0 Å². The number of primary amides is 1. The van der Waals surface area contributed by atoms with Crippen LogP contribution >= 0.6 is 0 Å². The van der Waals surface area contributed by atoms with Crippen molar-refractivity contribution in [3.8, 4) is 5.75 Å². The largest absolute Gasteiger partial charge is 0.488 e. The van der Waals surface area contributed by atoms with Crippen LogP contribution in [0.5, 0.6) is 5.75 Å². The summed E-state index contributed by atoms with van der Waals surface area (Å²) < 4.78 is 5.89. The summed E-state index contributed by atoms with van der Waals surface area (Å²) in [5, 5.41) is 0. The van der Waals surface area contributed by atoms with Gasteiger partial charge in [0.05, 0.1) is 0 Å². The first-order chi connectivity index (χ1) is 10.9. The molecule has 2 aromatic carbocycles. The Morgan fingerprint density at radius 2 is 1.61 bits per heavy atom. The first-order valence-corrected chi connectivity index (χ1v) is 7.98. The van der Waals surface area contributed by atoms with Gasteiger partial charge >= 0.3 is 0 Å². The summed E-state index contributed by atoms with van der Waals surface area (Å²) in [6.07, 6.45) is 1.25. The Balaban J connectivity index is 0.000000816. The fourth-order valence-corrected chi connectivity index (χ4v) is 2.28. The van der Waals surface area contributed by atoms with E-state index in [4.69, 9.17) is 10.5 Å². The van der Waals surface area contributed by atoms with E-state index in [-0.39, 0.29) is 0 Å². The molecule has 124 valence electrons. The zero-order valence-corrected chi connectivity index (χ0v) is 14.8. The highest BCUT2D eigenvalue weighted by Crippen LogP contribution is 2.25. The van der Waals surface area contributed by atoms with E-state index in [1.807, 2.05) is 26.0 Å². The summed E-state index contributed by atoms with van der Waals surface area (Å²) in [6, 6.07) is 11.7. The Labute approximate surface area is 139 Å². The summed E-state index contributed by atoms with van der Waals surface area (Å²) in [4.78, 5) is 11.2. The molecule has 0 unspecified atom stereocenters. The number of nitrogens with two attached hydrogens (primary N) is 1. The summed E-state index contributed by atoms with van der Waals surface area (Å²) in [6.45, 7) is 10.7. The highest BCUT2D eigenvalue weighted by Gasteiger charge is 2.09. The van der Waals surface area contributed by atoms with Crippen molar-refractivity contribution < 1.29 is 9.53 Å². The van der Waals surface area contributed by atoms with E-state index in [1.54, 1.807) is 12.1 Å². The summed E-state index contributed by atoms with van der Waals surface area (Å²) >= 11 is 0. The Bertz CT molecular complexity index is 639. The Morgan fingerprint density at radius 3 is 2.09 bits per heavy atom. The van der Waals surface area contributed by atoms with Crippen LogP contribution < -0.4 is 10.5 Å². The molecule has 0 heterocycles. The standard InChI is InChI=1S/C17H19NO2.C3H8/c1-11-5-4-6-14(7-11)10-20-16-12(2)8-15(17(18)19)9-13(16)3;1-3-2/h4-9H,10H2,1-3H3,(H2,18,19);3H2,1-2H3. The van der Waals surface area contributed by atoms with Crippen LogP contribution in [-0.4, -0.2) is 5.91 Å². The molecule has 0 aliphatic heterocycles. The molecule has 0 fully saturated rings. The van der Waals surface area contributed by atoms with Gasteiger partial charge in [0.2, 0.25) is 5.91 Å². The molecule has 3 heteroatoms. The predicted octanol–water partition coefficient (Wildman–Crippen LogP) is 4.71. The van der Waals surface area contributed by atoms with E-state index in [9.17, 15) is 4.79 Å². The zero-order chi connectivity index (χ0) is 17.4. The van der Waals surface area contributed by atoms with Gasteiger partial charge in [-0.3, -0.25) is 4.79 Å². The Morgan fingerprint density at radius 1 is 1.04 bits per heavy atom. The first kappa shape index (κ1) is 18.8. The van der Waals surface area contributed by atoms with Crippen molar-refractivity contribution >= 4 is 5.91 Å². The third-order valence-electron chi connectivity index (χ3n) is 3.21. The number of hydrogen-bond donors (Lipinski definition) is 1. The molecule has 0 aromatic heterocycles. The molecule has 23 heavy (non-hydrogen) atoms. The molecule has 0 aliphatic rings. The molecular formula is C20H27NO2. The van der Waals surface area contributed by atoms with Gasteiger partial charge in [-0.1, -0.05) is 50.1 Å². The maximum absolute atomic E-state index is 11.2. The maximum Gasteiger partial charge on any atom is 0.248 e. The minimum absolute atomic E-state index is 0.415. The molecular weight excluding hydrogens is 286 g/mol. The Hall–Kier alpha value is -2.29. The second kappa shape index (κ2) is 8.99. The molecule has 0 radical (unpaired) electrons. The van der Waals surface area contributed by atoms with Gasteiger partial charge in [-0.15, -0.1) is 0 Å². The SMILES string of the molecule is CCC.Cc1cccc(COc2c(C)cc(C(N)=O)cc2C)c1. The number of benzene rings is 2. The normalized spacial score (nSPS) is 9.78. The topological polar surface area (TPSA) is 52.3 Å². The smallest absolute Gasteiger partial charge is 0.248 e. The molecule has 0 aliphatic carbocycles. The average Bonchev–Trinajstić information content (AvgIpc) is 2.47. The lowest BCUT2D eigenvalue weighted by Crippen LogP contribution is -2.12. The maximum atomic E-state index is 11.2. The average molecular weight is 313 g/mol. The van der Waals surface area contributed by atoms with Crippen LogP contribution in [0.2, 0.25) is 0 Å². The number of ether oxygens (including phenoxy) is 1. The van der Waals surface area contributed by atoms with Gasteiger partial charge in [-0.2, -0.15) is 0 Å². The van der Waals surface area contributed by atoms with Crippen LogP contribution in [0.15, 0.2) is 36.4 Å². The number of hydrogen-bond acceptors (Lipinski definition) is 2. The lowest BCUT2D eigenvalue weighted by molar-refractivity contribution is 0.1000. The van der Waals surface area contributed by atoms with Gasteiger partial charge in [-0.05, 0) is 49.6 Å². The summed E-state index contributed by atoms with van der Waals surface area (Å²) in [5.41, 5.74) is 10.0. The van der Waals surface area contributed by atoms with Gasteiger partial charge < -0.3 is 10.5 Å². The summed E-state index contributed by atoms with van der Waals surface area (Å²) in [7, 11) is 0. The predicted molar refractivity (Wildman–Crippen MR) is 95.9 cm³/mol. The second-order valence-electron chi connectivity index (χ2n) is 5.79. The van der Waals surface area contributed by atoms with E-state index in [1.165, 1.54) is 12.0 Å². The monoisotopic (exact) mass is 313 g/mol. The van der Waals surface area contributed by atoms with Crippen LogP contribution in [0.3, 0.4) is 0 Å². The van der Waals surface area contributed by atoms with Crippen molar-refractivity contribution in [1.29, 1.82) is 0 Å². The third kappa shape index (κ3) is 5.78. The van der Waals surface area contributed by atoms with Crippen molar-refractivity contribution in [2.24, 2.45) is 5.73 Å². The number of carbonyl (C=O) groups is 1. The Kier molecular flexibility index (Phi) is 7.33. The van der Waals surface area contributed by atoms with Crippen LogP contribution in [0.1, 0.15) is 52.9 Å². The lowest BCUT2D eigenvalue weighted by atomic mass is 10.1. The minimum Gasteiger partial charge on any atom is -0.488 e. The van der Waals surface area contributed by atoms with Crippen molar-refractivity contribution in [2.75, 3.05) is 0 Å². The molecule has 2 N–H and O–H groups in total. The van der Waals surface area contributed by atoms with Crippen LogP contribution in [0, 0.1) is 20.8 Å². The number of amides is 1. The lowest BCUT2D eigenvalue weighted by Gasteiger charge is -2.13. The minimum atomic E-state index is -0.415. The molecule has 2 aromatic rings. The molecule has 3 nitrogen and oxygen atoms in total. The second-order valence-corrected chi connectivity index (χ2v) is 5.79. The van der Waals surface area contributed by atoms with Crippen molar-refractivity contribution in [3.63, 3.8) is 0 Å². The van der Waals surface area contributed by atoms with Crippen LogP contribution in [-0.2, 0) is 6.61 Å². The van der Waals surface area contributed by atoms with E-state index in [0.29, 0.717) is 12.2 Å². The fourth-order valence-electron chi connectivity index (χ4n) is 2.28. The van der Waals surface area contributed by atoms with Crippen LogP contribution in [0.4, 0.5) is 0 Å². The molecule has 0 spiro atoms. The van der Waals surface area contributed by atoms with Crippen LogP contribution in [0.25, 0.3) is 0 Å². The molecule has 1 amide bonds. The van der Waals surface area contributed by atoms with Crippen molar-refractivity contribution in [3.05, 3.63) is 64.2 Å². The van der Waals surface area contributed by atoms with E-state index >= 15 is 0 Å². The van der Waals surface area contributed by atoms with E-state index in [2.05, 4.69) is 32.9 Å². The van der Waals surface area contributed by atoms with Gasteiger partial charge in [0.1, 0.15) is 12.4 Å². The van der Waals surface area contributed by atoms with Gasteiger partial charge in [0.15, 0.2) is 0 Å². The molecule has 0 saturated carbocycles. The fraction of sp³-hybridized carbons (Fsp3) is 0.350. The first-order valence-electron chi connectivity index (χ1n) is 7.98. The number of aryl methyl sites for hydroxylation is 3. The van der Waals surface area contributed by atoms with E-state index < -0.39 is 5.91 Å². The van der Waals surface area contributed by atoms with Gasteiger partial charge in [0, 0.05) is 5.56 Å².